The number of amides is 1. The van der Waals surface area contributed by atoms with E-state index in [0.29, 0.717) is 0 Å². The second-order valence-corrected chi connectivity index (χ2v) is 4.38. The number of phenolic OH excluding ortho intramolecular Hbond substituents is 1. The highest BCUT2D eigenvalue weighted by Gasteiger charge is 2.09. The topological polar surface area (TPSA) is 75.6 Å². The molecule has 2 aromatic rings. The summed E-state index contributed by atoms with van der Waals surface area (Å²) in [5.74, 6) is -0.968. The molecule has 0 aliphatic rings. The zero-order valence-electron chi connectivity index (χ0n) is 11.3. The number of phenols is 1. The van der Waals surface area contributed by atoms with Gasteiger partial charge in [-0.2, -0.15) is 0 Å². The Morgan fingerprint density at radius 1 is 1.05 bits per heavy atom. The average molecular weight is 285 g/mol. The van der Waals surface area contributed by atoms with Gasteiger partial charge >= 0.3 is 5.97 Å². The van der Waals surface area contributed by atoms with Crippen LogP contribution in [0.4, 0.5) is 0 Å². The molecule has 5 heteroatoms. The normalized spacial score (nSPS) is 9.90. The monoisotopic (exact) mass is 285 g/mol. The minimum atomic E-state index is -0.521. The summed E-state index contributed by atoms with van der Waals surface area (Å²) in [6.45, 7) is -0.0526. The summed E-state index contributed by atoms with van der Waals surface area (Å²) in [5.41, 5.74) is 1.16. The predicted octanol–water partition coefficient (Wildman–Crippen LogP) is 1.87. The number of carbonyl (C=O) groups is 2. The van der Waals surface area contributed by atoms with E-state index < -0.39 is 11.9 Å². The van der Waals surface area contributed by atoms with E-state index in [9.17, 15) is 14.7 Å². The standard InChI is InChI=1S/C16H15NO4/c18-14-8-4-7-13(9-14)16(20)17-10-15(19)21-11-12-5-2-1-3-6-12/h1-9,18H,10-11H2,(H,17,20). The van der Waals surface area contributed by atoms with Crippen molar-refractivity contribution in [3.8, 4) is 5.75 Å². The fourth-order valence-electron chi connectivity index (χ4n) is 1.69. The van der Waals surface area contributed by atoms with Crippen molar-refractivity contribution in [2.24, 2.45) is 0 Å². The lowest BCUT2D eigenvalue weighted by atomic mass is 10.2. The Kier molecular flexibility index (Phi) is 4.93. The molecule has 0 aliphatic carbocycles. The second kappa shape index (κ2) is 7.09. The van der Waals surface area contributed by atoms with Crippen LogP contribution in [0.2, 0.25) is 0 Å². The maximum absolute atomic E-state index is 11.7. The first-order valence-corrected chi connectivity index (χ1v) is 6.42. The number of carbonyl (C=O) groups excluding carboxylic acids is 2. The molecule has 0 saturated carbocycles. The quantitative estimate of drug-likeness (QED) is 0.822. The van der Waals surface area contributed by atoms with Gasteiger partial charge < -0.3 is 15.2 Å². The fraction of sp³-hybridized carbons (Fsp3) is 0.125. The number of hydrogen-bond acceptors (Lipinski definition) is 4. The molecule has 108 valence electrons. The van der Waals surface area contributed by atoms with Crippen LogP contribution in [0.5, 0.6) is 5.75 Å². The van der Waals surface area contributed by atoms with Gasteiger partial charge in [-0.3, -0.25) is 9.59 Å². The molecule has 0 saturated heterocycles. The van der Waals surface area contributed by atoms with Crippen molar-refractivity contribution in [2.75, 3.05) is 6.54 Å². The highest BCUT2D eigenvalue weighted by Crippen LogP contribution is 2.10. The lowest BCUT2D eigenvalue weighted by Crippen LogP contribution is -2.30. The Morgan fingerprint density at radius 3 is 2.52 bits per heavy atom. The highest BCUT2D eigenvalue weighted by atomic mass is 16.5. The Balaban J connectivity index is 1.77. The van der Waals surface area contributed by atoms with Gasteiger partial charge in [0, 0.05) is 5.56 Å². The van der Waals surface area contributed by atoms with Crippen molar-refractivity contribution < 1.29 is 19.4 Å². The molecule has 2 N–H and O–H groups in total. The molecule has 0 atom stereocenters. The molecule has 1 amide bonds. The molecule has 0 bridgehead atoms. The zero-order valence-corrected chi connectivity index (χ0v) is 11.3. The van der Waals surface area contributed by atoms with Gasteiger partial charge in [0.15, 0.2) is 0 Å². The van der Waals surface area contributed by atoms with Gasteiger partial charge in [-0.1, -0.05) is 36.4 Å². The van der Waals surface area contributed by atoms with Crippen LogP contribution in [-0.4, -0.2) is 23.5 Å². The molecule has 0 heterocycles. The van der Waals surface area contributed by atoms with E-state index in [1.807, 2.05) is 30.3 Å². The van der Waals surface area contributed by atoms with Crippen LogP contribution in [-0.2, 0) is 16.1 Å². The molecule has 0 unspecified atom stereocenters. The molecular weight excluding hydrogens is 270 g/mol. The Hall–Kier alpha value is -2.82. The molecule has 0 spiro atoms. The minimum absolute atomic E-state index is 0.00527. The summed E-state index contributed by atoms with van der Waals surface area (Å²) < 4.78 is 5.04. The van der Waals surface area contributed by atoms with Crippen LogP contribution < -0.4 is 5.32 Å². The number of rotatable bonds is 5. The van der Waals surface area contributed by atoms with Crippen molar-refractivity contribution in [1.82, 2.24) is 5.32 Å². The molecule has 0 aliphatic heterocycles. The number of aromatic hydroxyl groups is 1. The SMILES string of the molecule is O=C(CNC(=O)c1cccc(O)c1)OCc1ccccc1. The van der Waals surface area contributed by atoms with Crippen LogP contribution in [0.25, 0.3) is 0 Å². The third-order valence-corrected chi connectivity index (χ3v) is 2.74. The molecule has 2 aromatic carbocycles. The van der Waals surface area contributed by atoms with E-state index in [1.54, 1.807) is 12.1 Å². The van der Waals surface area contributed by atoms with Crippen molar-refractivity contribution in [2.45, 2.75) is 6.61 Å². The van der Waals surface area contributed by atoms with Gasteiger partial charge in [-0.25, -0.2) is 0 Å². The van der Waals surface area contributed by atoms with E-state index in [-0.39, 0.29) is 24.5 Å². The predicted molar refractivity (Wildman–Crippen MR) is 76.7 cm³/mol. The van der Waals surface area contributed by atoms with Gasteiger partial charge in [0.25, 0.3) is 5.91 Å². The van der Waals surface area contributed by atoms with E-state index >= 15 is 0 Å². The number of nitrogens with one attached hydrogen (secondary N) is 1. The molecule has 0 aromatic heterocycles. The minimum Gasteiger partial charge on any atom is -0.508 e. The van der Waals surface area contributed by atoms with Crippen molar-refractivity contribution in [3.05, 3.63) is 65.7 Å². The average Bonchev–Trinajstić information content (AvgIpc) is 2.51. The third kappa shape index (κ3) is 4.65. The zero-order chi connectivity index (χ0) is 15.1. The van der Waals surface area contributed by atoms with E-state index in [0.717, 1.165) is 5.56 Å². The van der Waals surface area contributed by atoms with Gasteiger partial charge in [-0.15, -0.1) is 0 Å². The Bertz CT molecular complexity index is 625. The van der Waals surface area contributed by atoms with Crippen LogP contribution in [0.15, 0.2) is 54.6 Å². The second-order valence-electron chi connectivity index (χ2n) is 4.38. The number of benzene rings is 2. The Labute approximate surface area is 122 Å². The molecule has 0 fully saturated rings. The van der Waals surface area contributed by atoms with Crippen LogP contribution in [0.3, 0.4) is 0 Å². The van der Waals surface area contributed by atoms with Crippen LogP contribution >= 0.6 is 0 Å². The lowest BCUT2D eigenvalue weighted by Gasteiger charge is -2.07. The first kappa shape index (κ1) is 14.6. The number of esters is 1. The lowest BCUT2D eigenvalue weighted by molar-refractivity contribution is -0.143. The largest absolute Gasteiger partial charge is 0.508 e. The maximum Gasteiger partial charge on any atom is 0.325 e. The van der Waals surface area contributed by atoms with Gasteiger partial charge in [0.2, 0.25) is 0 Å². The van der Waals surface area contributed by atoms with E-state index in [1.165, 1.54) is 12.1 Å². The van der Waals surface area contributed by atoms with Crippen molar-refractivity contribution in [1.29, 1.82) is 0 Å². The number of ether oxygens (including phenoxy) is 1. The first-order valence-electron chi connectivity index (χ1n) is 6.42. The van der Waals surface area contributed by atoms with E-state index in [4.69, 9.17) is 4.74 Å². The summed E-state index contributed by atoms with van der Waals surface area (Å²) in [4.78, 5) is 23.3. The third-order valence-electron chi connectivity index (χ3n) is 2.74. The van der Waals surface area contributed by atoms with E-state index in [2.05, 4.69) is 5.32 Å². The van der Waals surface area contributed by atoms with Gasteiger partial charge in [-0.05, 0) is 23.8 Å². The molecule has 5 nitrogen and oxygen atoms in total. The number of hydrogen-bond donors (Lipinski definition) is 2. The summed E-state index contributed by atoms with van der Waals surface area (Å²) in [5, 5.41) is 11.7. The van der Waals surface area contributed by atoms with Crippen LogP contribution in [0.1, 0.15) is 15.9 Å². The molecular formula is C16H15NO4. The fourth-order valence-corrected chi connectivity index (χ4v) is 1.69. The van der Waals surface area contributed by atoms with Gasteiger partial charge in [0.05, 0.1) is 0 Å². The first-order chi connectivity index (χ1) is 10.1. The molecule has 21 heavy (non-hydrogen) atoms. The Morgan fingerprint density at radius 2 is 1.81 bits per heavy atom. The van der Waals surface area contributed by atoms with Crippen molar-refractivity contribution in [3.63, 3.8) is 0 Å². The highest BCUT2D eigenvalue weighted by molar-refractivity contribution is 5.96. The summed E-state index contributed by atoms with van der Waals surface area (Å²) >= 11 is 0. The van der Waals surface area contributed by atoms with Crippen LogP contribution in [0, 0.1) is 0 Å². The summed E-state index contributed by atoms with van der Waals surface area (Å²) in [6.07, 6.45) is 0. The summed E-state index contributed by atoms with van der Waals surface area (Å²) in [6, 6.07) is 15.2. The smallest absolute Gasteiger partial charge is 0.325 e. The molecule has 0 radical (unpaired) electrons. The maximum atomic E-state index is 11.7. The summed E-state index contributed by atoms with van der Waals surface area (Å²) in [7, 11) is 0. The van der Waals surface area contributed by atoms with Crippen molar-refractivity contribution >= 4 is 11.9 Å². The molecule has 2 rings (SSSR count). The van der Waals surface area contributed by atoms with Gasteiger partial charge in [0.1, 0.15) is 18.9 Å².